The fourth-order valence-electron chi connectivity index (χ4n) is 5.60. The highest BCUT2D eigenvalue weighted by Gasteiger charge is 2.28. The summed E-state index contributed by atoms with van der Waals surface area (Å²) in [6.07, 6.45) is 4.27. The van der Waals surface area contributed by atoms with Crippen LogP contribution in [-0.2, 0) is 12.8 Å². The highest BCUT2D eigenvalue weighted by Crippen LogP contribution is 2.38. The van der Waals surface area contributed by atoms with Gasteiger partial charge in [0.15, 0.2) is 0 Å². The molecule has 1 amide bonds. The molecule has 0 saturated carbocycles. The molecule has 2 aliphatic rings. The first-order chi connectivity index (χ1) is 16.2. The molecule has 6 rings (SSSR count). The lowest BCUT2D eigenvalue weighted by Gasteiger charge is -2.29. The van der Waals surface area contributed by atoms with E-state index < -0.39 is 0 Å². The van der Waals surface area contributed by atoms with Gasteiger partial charge in [0.1, 0.15) is 0 Å². The molecule has 0 saturated heterocycles. The van der Waals surface area contributed by atoms with Gasteiger partial charge in [-0.2, -0.15) is 0 Å². The molecule has 2 unspecified atom stereocenters. The molecule has 3 aromatic carbocycles. The van der Waals surface area contributed by atoms with Gasteiger partial charge in [0, 0.05) is 46.5 Å². The number of nitrogens with one attached hydrogen (secondary N) is 2. The Morgan fingerprint density at radius 3 is 2.70 bits per heavy atom. The SMILES string of the molecule is CC(NC1CCCc2c1[nH]c1ccc(N3CCc4ccccc4C3=O)cc21)c1ccccc1. The minimum atomic E-state index is 0.108. The van der Waals surface area contributed by atoms with Crippen LogP contribution in [0.25, 0.3) is 10.9 Å². The molecule has 2 heterocycles. The second-order valence-electron chi connectivity index (χ2n) is 9.35. The Morgan fingerprint density at radius 1 is 1.00 bits per heavy atom. The van der Waals surface area contributed by atoms with Crippen LogP contribution in [0.15, 0.2) is 72.8 Å². The van der Waals surface area contributed by atoms with E-state index in [2.05, 4.69) is 71.8 Å². The number of hydrogen-bond donors (Lipinski definition) is 2. The van der Waals surface area contributed by atoms with Crippen molar-refractivity contribution < 1.29 is 4.79 Å². The summed E-state index contributed by atoms with van der Waals surface area (Å²) >= 11 is 0. The Balaban J connectivity index is 1.32. The first kappa shape index (κ1) is 20.3. The predicted molar refractivity (Wildman–Crippen MR) is 134 cm³/mol. The molecule has 2 N–H and O–H groups in total. The standard InChI is InChI=1S/C29H29N3O/c1-19(20-8-3-2-4-9-20)30-27-13-7-12-24-25-18-22(14-15-26(25)31-28(24)27)32-17-16-21-10-5-6-11-23(21)29(32)33/h2-6,8-11,14-15,18-19,27,30-31H,7,12-13,16-17H2,1H3. The largest absolute Gasteiger partial charge is 0.357 e. The zero-order chi connectivity index (χ0) is 22.4. The normalized spacial score (nSPS) is 18.8. The van der Waals surface area contributed by atoms with Crippen LogP contribution in [0, 0.1) is 0 Å². The van der Waals surface area contributed by atoms with Crippen LogP contribution in [0.5, 0.6) is 0 Å². The van der Waals surface area contributed by atoms with E-state index in [-0.39, 0.29) is 11.9 Å². The molecule has 2 atom stereocenters. The van der Waals surface area contributed by atoms with Crippen LogP contribution in [0.3, 0.4) is 0 Å². The zero-order valence-corrected chi connectivity index (χ0v) is 19.0. The third kappa shape index (κ3) is 3.55. The highest BCUT2D eigenvalue weighted by atomic mass is 16.2. The zero-order valence-electron chi connectivity index (χ0n) is 19.0. The van der Waals surface area contributed by atoms with E-state index in [1.807, 2.05) is 23.1 Å². The van der Waals surface area contributed by atoms with Crippen LogP contribution < -0.4 is 10.2 Å². The Kier molecular flexibility index (Phi) is 5.03. The second kappa shape index (κ2) is 8.20. The summed E-state index contributed by atoms with van der Waals surface area (Å²) in [6.45, 7) is 2.97. The van der Waals surface area contributed by atoms with Gasteiger partial charge >= 0.3 is 0 Å². The molecule has 4 aromatic rings. The van der Waals surface area contributed by atoms with E-state index in [0.717, 1.165) is 48.1 Å². The number of fused-ring (bicyclic) bond motifs is 4. The van der Waals surface area contributed by atoms with Gasteiger partial charge in [-0.15, -0.1) is 0 Å². The minimum Gasteiger partial charge on any atom is -0.357 e. The minimum absolute atomic E-state index is 0.108. The number of amides is 1. The third-order valence-corrected chi connectivity index (χ3v) is 7.35. The highest BCUT2D eigenvalue weighted by molar-refractivity contribution is 6.09. The van der Waals surface area contributed by atoms with Crippen molar-refractivity contribution in [2.45, 2.75) is 44.7 Å². The summed E-state index contributed by atoms with van der Waals surface area (Å²) < 4.78 is 0. The fourth-order valence-corrected chi connectivity index (χ4v) is 5.60. The summed E-state index contributed by atoms with van der Waals surface area (Å²) in [5.74, 6) is 0.108. The van der Waals surface area contributed by atoms with Gasteiger partial charge in [-0.1, -0.05) is 48.5 Å². The van der Waals surface area contributed by atoms with Gasteiger partial charge in [0.2, 0.25) is 0 Å². The maximum absolute atomic E-state index is 13.2. The van der Waals surface area contributed by atoms with Crippen molar-refractivity contribution >= 4 is 22.5 Å². The van der Waals surface area contributed by atoms with Crippen LogP contribution in [-0.4, -0.2) is 17.4 Å². The summed E-state index contributed by atoms with van der Waals surface area (Å²) in [6, 6.07) is 25.7. The first-order valence-electron chi connectivity index (χ1n) is 12.0. The maximum Gasteiger partial charge on any atom is 0.258 e. The Hall–Kier alpha value is -3.37. The van der Waals surface area contributed by atoms with Gasteiger partial charge in [0.05, 0.1) is 0 Å². The molecule has 1 aliphatic carbocycles. The quantitative estimate of drug-likeness (QED) is 0.407. The Morgan fingerprint density at radius 2 is 1.82 bits per heavy atom. The lowest BCUT2D eigenvalue weighted by Crippen LogP contribution is -2.37. The molecular weight excluding hydrogens is 406 g/mol. The van der Waals surface area contributed by atoms with E-state index in [4.69, 9.17) is 0 Å². The van der Waals surface area contributed by atoms with Crippen molar-refractivity contribution in [2.24, 2.45) is 0 Å². The van der Waals surface area contributed by atoms with Gasteiger partial charge in [-0.05, 0) is 73.6 Å². The van der Waals surface area contributed by atoms with E-state index in [0.29, 0.717) is 6.04 Å². The number of aromatic amines is 1. The molecule has 1 aliphatic heterocycles. The molecule has 166 valence electrons. The molecule has 0 fully saturated rings. The number of anilines is 1. The number of benzene rings is 3. The van der Waals surface area contributed by atoms with E-state index in [1.165, 1.54) is 28.6 Å². The molecule has 1 aromatic heterocycles. The summed E-state index contributed by atoms with van der Waals surface area (Å²) in [5.41, 5.74) is 8.17. The van der Waals surface area contributed by atoms with E-state index in [9.17, 15) is 4.79 Å². The molecular formula is C29H29N3O. The van der Waals surface area contributed by atoms with Crippen LogP contribution in [0.2, 0.25) is 0 Å². The monoisotopic (exact) mass is 435 g/mol. The third-order valence-electron chi connectivity index (χ3n) is 7.35. The van der Waals surface area contributed by atoms with E-state index >= 15 is 0 Å². The second-order valence-corrected chi connectivity index (χ2v) is 9.35. The summed E-state index contributed by atoms with van der Waals surface area (Å²) in [4.78, 5) is 18.9. The summed E-state index contributed by atoms with van der Waals surface area (Å²) in [7, 11) is 0. The lowest BCUT2D eigenvalue weighted by molar-refractivity contribution is 0.0980. The smallest absolute Gasteiger partial charge is 0.258 e. The number of H-pyrrole nitrogens is 1. The number of aromatic nitrogens is 1. The Labute approximate surface area is 194 Å². The number of carbonyl (C=O) groups excluding carboxylic acids is 1. The van der Waals surface area contributed by atoms with Gasteiger partial charge in [0.25, 0.3) is 5.91 Å². The number of hydrogen-bond acceptors (Lipinski definition) is 2. The molecule has 0 radical (unpaired) electrons. The van der Waals surface area contributed by atoms with Crippen LogP contribution >= 0.6 is 0 Å². The van der Waals surface area contributed by atoms with Crippen molar-refractivity contribution in [1.29, 1.82) is 0 Å². The van der Waals surface area contributed by atoms with Crippen molar-refractivity contribution in [3.63, 3.8) is 0 Å². The molecule has 0 bridgehead atoms. The molecule has 4 nitrogen and oxygen atoms in total. The van der Waals surface area contributed by atoms with Crippen LogP contribution in [0.1, 0.15) is 64.6 Å². The van der Waals surface area contributed by atoms with Crippen molar-refractivity contribution in [3.05, 3.63) is 101 Å². The van der Waals surface area contributed by atoms with Crippen molar-refractivity contribution in [2.75, 3.05) is 11.4 Å². The topological polar surface area (TPSA) is 48.1 Å². The molecule has 4 heteroatoms. The average Bonchev–Trinajstić information content (AvgIpc) is 3.24. The van der Waals surface area contributed by atoms with Crippen molar-refractivity contribution in [1.82, 2.24) is 10.3 Å². The number of aryl methyl sites for hydroxylation is 1. The number of rotatable bonds is 4. The maximum atomic E-state index is 13.2. The lowest BCUT2D eigenvalue weighted by atomic mass is 9.90. The van der Waals surface area contributed by atoms with Gasteiger partial charge in [-0.3, -0.25) is 4.79 Å². The predicted octanol–water partition coefficient (Wildman–Crippen LogP) is 6.10. The number of nitrogens with zero attached hydrogens (tertiary/aromatic N) is 1. The van der Waals surface area contributed by atoms with Crippen LogP contribution in [0.4, 0.5) is 5.69 Å². The fraction of sp³-hybridized carbons (Fsp3) is 0.276. The molecule has 33 heavy (non-hydrogen) atoms. The van der Waals surface area contributed by atoms with Crippen molar-refractivity contribution in [3.8, 4) is 0 Å². The Bertz CT molecular complexity index is 1320. The first-order valence-corrected chi connectivity index (χ1v) is 12.0. The summed E-state index contributed by atoms with van der Waals surface area (Å²) in [5, 5.41) is 5.11. The number of carbonyl (C=O) groups is 1. The van der Waals surface area contributed by atoms with E-state index in [1.54, 1.807) is 0 Å². The molecule has 0 spiro atoms. The van der Waals surface area contributed by atoms with Gasteiger partial charge in [-0.25, -0.2) is 0 Å². The average molecular weight is 436 g/mol. The van der Waals surface area contributed by atoms with Gasteiger partial charge < -0.3 is 15.2 Å².